The number of nitrogens with zero attached hydrogens (tertiary/aromatic N) is 1. The Morgan fingerprint density at radius 1 is 1.45 bits per heavy atom. The second kappa shape index (κ2) is 6.34. The fourth-order valence-corrected chi connectivity index (χ4v) is 4.74. The summed E-state index contributed by atoms with van der Waals surface area (Å²) in [5.41, 5.74) is 0.825. The van der Waals surface area contributed by atoms with Crippen molar-refractivity contribution in [3.63, 3.8) is 0 Å². The Morgan fingerprint density at radius 3 is 2.73 bits per heavy atom. The van der Waals surface area contributed by atoms with Gasteiger partial charge in [-0.1, -0.05) is 12.1 Å². The van der Waals surface area contributed by atoms with E-state index in [0.29, 0.717) is 12.8 Å². The number of aliphatic carboxylic acids is 1. The van der Waals surface area contributed by atoms with Gasteiger partial charge in [-0.15, -0.1) is 0 Å². The minimum atomic E-state index is -3.76. The van der Waals surface area contributed by atoms with Gasteiger partial charge >= 0.3 is 5.97 Å². The fourth-order valence-electron chi connectivity index (χ4n) is 2.88. The van der Waals surface area contributed by atoms with Crippen molar-refractivity contribution in [2.24, 2.45) is 5.92 Å². The van der Waals surface area contributed by atoms with E-state index >= 15 is 0 Å². The van der Waals surface area contributed by atoms with Crippen LogP contribution < -0.4 is 0 Å². The highest BCUT2D eigenvalue weighted by molar-refractivity contribution is 7.88. The summed E-state index contributed by atoms with van der Waals surface area (Å²) in [5, 5.41) is 9.18. The highest BCUT2D eigenvalue weighted by Crippen LogP contribution is 2.28. The van der Waals surface area contributed by atoms with Crippen molar-refractivity contribution in [3.05, 3.63) is 35.1 Å². The lowest BCUT2D eigenvalue weighted by molar-refractivity contribution is -0.144. The number of halogens is 1. The number of sulfonamides is 1. The molecule has 1 aliphatic rings. The average molecular weight is 329 g/mol. The molecule has 0 bridgehead atoms. The Balaban J connectivity index is 2.24. The summed E-state index contributed by atoms with van der Waals surface area (Å²) >= 11 is 0. The van der Waals surface area contributed by atoms with Crippen LogP contribution in [-0.2, 0) is 20.6 Å². The minimum absolute atomic E-state index is 0.107. The lowest BCUT2D eigenvalue weighted by Crippen LogP contribution is -2.49. The number of carbonyl (C=O) groups is 1. The van der Waals surface area contributed by atoms with Crippen LogP contribution in [0.2, 0.25) is 0 Å². The van der Waals surface area contributed by atoms with Crippen LogP contribution in [0.5, 0.6) is 0 Å². The highest BCUT2D eigenvalue weighted by atomic mass is 32.2. The summed E-state index contributed by atoms with van der Waals surface area (Å²) in [6.45, 7) is 3.60. The maximum absolute atomic E-state index is 13.9. The number of piperidine rings is 1. The second-order valence-electron chi connectivity index (χ2n) is 5.79. The van der Waals surface area contributed by atoms with E-state index < -0.39 is 39.5 Å². The third-order valence-corrected chi connectivity index (χ3v) is 6.06. The van der Waals surface area contributed by atoms with Crippen LogP contribution in [-0.4, -0.2) is 36.4 Å². The molecule has 0 saturated carbocycles. The molecule has 0 unspecified atom stereocenters. The molecule has 0 spiro atoms. The molecule has 1 aromatic carbocycles. The summed E-state index contributed by atoms with van der Waals surface area (Å²) in [7, 11) is -3.76. The van der Waals surface area contributed by atoms with Gasteiger partial charge in [0.05, 0.1) is 11.7 Å². The maximum atomic E-state index is 13.9. The van der Waals surface area contributed by atoms with Crippen LogP contribution in [0, 0.1) is 18.7 Å². The Labute approximate surface area is 129 Å². The van der Waals surface area contributed by atoms with Gasteiger partial charge in [-0.3, -0.25) is 4.79 Å². The Morgan fingerprint density at radius 2 is 2.14 bits per heavy atom. The molecule has 1 N–H and O–H groups in total. The molecule has 1 fully saturated rings. The highest BCUT2D eigenvalue weighted by Gasteiger charge is 2.38. The molecule has 2 atom stereocenters. The zero-order valence-corrected chi connectivity index (χ0v) is 13.4. The van der Waals surface area contributed by atoms with E-state index in [0.717, 1.165) is 5.56 Å². The van der Waals surface area contributed by atoms with Crippen molar-refractivity contribution >= 4 is 16.0 Å². The first-order valence-corrected chi connectivity index (χ1v) is 8.80. The monoisotopic (exact) mass is 329 g/mol. The van der Waals surface area contributed by atoms with Gasteiger partial charge in [-0.25, -0.2) is 12.8 Å². The number of benzene rings is 1. The first-order valence-electron chi connectivity index (χ1n) is 7.19. The smallest absolute Gasteiger partial charge is 0.308 e. The number of hydrogen-bond donors (Lipinski definition) is 1. The first-order chi connectivity index (χ1) is 10.2. The summed E-state index contributed by atoms with van der Waals surface area (Å²) in [6, 6.07) is 3.80. The van der Waals surface area contributed by atoms with E-state index in [1.165, 1.54) is 16.4 Å². The lowest BCUT2D eigenvalue weighted by atomic mass is 9.92. The quantitative estimate of drug-likeness (QED) is 0.918. The van der Waals surface area contributed by atoms with E-state index in [-0.39, 0.29) is 12.1 Å². The molecule has 1 aliphatic heterocycles. The third kappa shape index (κ3) is 3.47. The standard InChI is InChI=1S/C15H20FNO4S/c1-10-5-6-12(14(16)8-10)9-22(20,21)17-7-3-4-13(11(17)2)15(18)19/h5-6,8,11,13H,3-4,7,9H2,1-2H3,(H,18,19)/t11-,13-/m1/s1. The summed E-state index contributed by atoms with van der Waals surface area (Å²) in [6.07, 6.45) is 0.957. The molecule has 7 heteroatoms. The molecule has 22 heavy (non-hydrogen) atoms. The van der Waals surface area contributed by atoms with Crippen LogP contribution in [0.1, 0.15) is 30.9 Å². The van der Waals surface area contributed by atoms with E-state index in [1.807, 2.05) is 0 Å². The van der Waals surface area contributed by atoms with Gasteiger partial charge < -0.3 is 5.11 Å². The van der Waals surface area contributed by atoms with Gasteiger partial charge in [-0.2, -0.15) is 4.31 Å². The molecule has 1 heterocycles. The Kier molecular flexibility index (Phi) is 4.87. The molecule has 0 aliphatic carbocycles. The zero-order valence-electron chi connectivity index (χ0n) is 12.6. The largest absolute Gasteiger partial charge is 0.481 e. The topological polar surface area (TPSA) is 74.7 Å². The molecule has 122 valence electrons. The van der Waals surface area contributed by atoms with E-state index in [4.69, 9.17) is 0 Å². The Hall–Kier alpha value is -1.47. The van der Waals surface area contributed by atoms with Crippen molar-refractivity contribution < 1.29 is 22.7 Å². The maximum Gasteiger partial charge on any atom is 0.308 e. The normalized spacial score (nSPS) is 23.4. The fraction of sp³-hybridized carbons (Fsp3) is 0.533. The third-order valence-electron chi connectivity index (χ3n) is 4.15. The summed E-state index contributed by atoms with van der Waals surface area (Å²) < 4.78 is 40.2. The van der Waals surface area contributed by atoms with Crippen molar-refractivity contribution in [1.82, 2.24) is 4.31 Å². The first kappa shape index (κ1) is 16.9. The number of aryl methyl sites for hydroxylation is 1. The van der Waals surface area contributed by atoms with Gasteiger partial charge in [-0.05, 0) is 38.3 Å². The van der Waals surface area contributed by atoms with Crippen molar-refractivity contribution in [3.8, 4) is 0 Å². The van der Waals surface area contributed by atoms with Crippen molar-refractivity contribution in [2.45, 2.75) is 38.5 Å². The zero-order chi connectivity index (χ0) is 16.5. The van der Waals surface area contributed by atoms with Crippen molar-refractivity contribution in [1.29, 1.82) is 0 Å². The van der Waals surface area contributed by atoms with Crippen molar-refractivity contribution in [2.75, 3.05) is 6.54 Å². The summed E-state index contributed by atoms with van der Waals surface area (Å²) in [5.74, 6) is -2.71. The van der Waals surface area contributed by atoms with E-state index in [9.17, 15) is 22.7 Å². The molecule has 0 amide bonds. The van der Waals surface area contributed by atoms with Crippen LogP contribution in [0.15, 0.2) is 18.2 Å². The molecule has 0 aromatic heterocycles. The van der Waals surface area contributed by atoms with Crippen LogP contribution >= 0.6 is 0 Å². The SMILES string of the molecule is Cc1ccc(CS(=O)(=O)N2CCC[C@@H](C(=O)O)[C@H]2C)c(F)c1. The molecule has 2 rings (SSSR count). The van der Waals surface area contributed by atoms with Gasteiger partial charge in [0.25, 0.3) is 0 Å². The molecule has 0 radical (unpaired) electrons. The number of carboxylic acids is 1. The van der Waals surface area contributed by atoms with Gasteiger partial charge in [0.1, 0.15) is 5.82 Å². The Bertz CT molecular complexity index is 674. The number of hydrogen-bond acceptors (Lipinski definition) is 3. The van der Waals surface area contributed by atoms with E-state index in [2.05, 4.69) is 0 Å². The minimum Gasteiger partial charge on any atom is -0.481 e. The van der Waals surface area contributed by atoms with Gasteiger partial charge in [0.15, 0.2) is 0 Å². The molecule has 1 aromatic rings. The predicted octanol–water partition coefficient (Wildman–Crippen LogP) is 2.15. The number of rotatable bonds is 4. The number of carboxylic acid groups (broad SMARTS) is 1. The molecule has 5 nitrogen and oxygen atoms in total. The molecule has 1 saturated heterocycles. The van der Waals surface area contributed by atoms with Crippen LogP contribution in [0.4, 0.5) is 4.39 Å². The second-order valence-corrected chi connectivity index (χ2v) is 7.71. The lowest BCUT2D eigenvalue weighted by Gasteiger charge is -2.36. The average Bonchev–Trinajstić information content (AvgIpc) is 2.41. The van der Waals surface area contributed by atoms with Crippen LogP contribution in [0.3, 0.4) is 0 Å². The molecular formula is C15H20FNO4S. The van der Waals surface area contributed by atoms with Crippen LogP contribution in [0.25, 0.3) is 0 Å². The predicted molar refractivity (Wildman–Crippen MR) is 80.3 cm³/mol. The van der Waals surface area contributed by atoms with E-state index in [1.54, 1.807) is 19.9 Å². The van der Waals surface area contributed by atoms with Gasteiger partial charge in [0.2, 0.25) is 10.0 Å². The van der Waals surface area contributed by atoms with Gasteiger partial charge in [0, 0.05) is 18.2 Å². The molecular weight excluding hydrogens is 309 g/mol. The summed E-state index contributed by atoms with van der Waals surface area (Å²) in [4.78, 5) is 11.2.